The van der Waals surface area contributed by atoms with E-state index in [1.54, 1.807) is 6.07 Å². The van der Waals surface area contributed by atoms with E-state index in [-0.39, 0.29) is 23.3 Å². The number of rotatable bonds is 5. The van der Waals surface area contributed by atoms with Crippen LogP contribution in [0.3, 0.4) is 0 Å². The first-order valence-corrected chi connectivity index (χ1v) is 6.66. The van der Waals surface area contributed by atoms with Crippen molar-refractivity contribution in [1.82, 2.24) is 4.90 Å². The summed E-state index contributed by atoms with van der Waals surface area (Å²) in [6, 6.07) is 4.54. The van der Waals surface area contributed by atoms with E-state index >= 15 is 0 Å². The molecule has 3 N–H and O–H groups in total. The van der Waals surface area contributed by atoms with Crippen molar-refractivity contribution in [2.24, 2.45) is 11.7 Å². The molecule has 1 heterocycles. The average Bonchev–Trinajstić information content (AvgIpc) is 2.45. The minimum Gasteiger partial charge on any atom is -0.495 e. The molecule has 2 rings (SSSR count). The van der Waals surface area contributed by atoms with Gasteiger partial charge in [0.15, 0.2) is 0 Å². The van der Waals surface area contributed by atoms with Gasteiger partial charge in [-0.2, -0.15) is 0 Å². The first-order valence-electron chi connectivity index (χ1n) is 6.66. The van der Waals surface area contributed by atoms with Crippen LogP contribution in [-0.4, -0.2) is 42.8 Å². The lowest BCUT2D eigenvalue weighted by Gasteiger charge is -2.37. The molecule has 116 valence electrons. The van der Waals surface area contributed by atoms with Crippen molar-refractivity contribution < 1.29 is 19.1 Å². The summed E-state index contributed by atoms with van der Waals surface area (Å²) in [4.78, 5) is 36.2. The normalized spacial score (nSPS) is 14.0. The fourth-order valence-corrected chi connectivity index (χ4v) is 2.15. The molecule has 1 aromatic carbocycles. The van der Waals surface area contributed by atoms with Crippen LogP contribution in [0.5, 0.6) is 5.75 Å². The molecule has 1 aliphatic rings. The van der Waals surface area contributed by atoms with Crippen LogP contribution in [0.15, 0.2) is 30.9 Å². The maximum Gasteiger partial charge on any atom is 0.248 e. The van der Waals surface area contributed by atoms with Crippen molar-refractivity contribution in [3.05, 3.63) is 36.4 Å². The van der Waals surface area contributed by atoms with E-state index in [1.807, 2.05) is 0 Å². The topological polar surface area (TPSA) is 102 Å². The van der Waals surface area contributed by atoms with E-state index in [1.165, 1.54) is 30.2 Å². The third-order valence-electron chi connectivity index (χ3n) is 3.48. The Hall–Kier alpha value is -2.83. The van der Waals surface area contributed by atoms with Gasteiger partial charge in [0.25, 0.3) is 0 Å². The number of carbonyl (C=O) groups is 3. The number of methoxy groups -OCH3 is 1. The summed E-state index contributed by atoms with van der Waals surface area (Å²) in [5.41, 5.74) is 5.87. The van der Waals surface area contributed by atoms with Crippen LogP contribution in [0.25, 0.3) is 0 Å². The van der Waals surface area contributed by atoms with Crippen molar-refractivity contribution in [1.29, 1.82) is 0 Å². The lowest BCUT2D eigenvalue weighted by atomic mass is 9.98. The number of hydrogen-bond donors (Lipinski definition) is 2. The molecular formula is C15H17N3O4. The predicted octanol–water partition coefficient (Wildman–Crippen LogP) is 0.377. The molecule has 0 spiro atoms. The third-order valence-corrected chi connectivity index (χ3v) is 3.48. The second kappa shape index (κ2) is 6.30. The van der Waals surface area contributed by atoms with Crippen molar-refractivity contribution in [3.8, 4) is 5.75 Å². The lowest BCUT2D eigenvalue weighted by Crippen LogP contribution is -2.53. The van der Waals surface area contributed by atoms with E-state index < -0.39 is 5.91 Å². The number of ether oxygens (including phenoxy) is 1. The fraction of sp³-hybridized carbons (Fsp3) is 0.267. The molecule has 0 saturated carbocycles. The SMILES string of the molecule is C=CC(=O)N1CC(C(=O)Nc2cc(C(N)=O)ccc2OC)C1. The second-order valence-electron chi connectivity index (χ2n) is 4.91. The zero-order valence-corrected chi connectivity index (χ0v) is 12.2. The summed E-state index contributed by atoms with van der Waals surface area (Å²) in [7, 11) is 1.46. The van der Waals surface area contributed by atoms with Crippen LogP contribution in [0.4, 0.5) is 5.69 Å². The minimum absolute atomic E-state index is 0.197. The summed E-state index contributed by atoms with van der Waals surface area (Å²) in [6.45, 7) is 4.08. The number of nitrogens with two attached hydrogens (primary N) is 1. The Balaban J connectivity index is 2.06. The van der Waals surface area contributed by atoms with Gasteiger partial charge in [-0.15, -0.1) is 0 Å². The van der Waals surface area contributed by atoms with Gasteiger partial charge < -0.3 is 20.7 Å². The van der Waals surface area contributed by atoms with Gasteiger partial charge >= 0.3 is 0 Å². The van der Waals surface area contributed by atoms with Gasteiger partial charge in [0.05, 0.1) is 18.7 Å². The van der Waals surface area contributed by atoms with Gasteiger partial charge in [0, 0.05) is 18.7 Å². The molecule has 7 heteroatoms. The Bertz CT molecular complexity index is 636. The maximum absolute atomic E-state index is 12.2. The fourth-order valence-electron chi connectivity index (χ4n) is 2.15. The van der Waals surface area contributed by atoms with Gasteiger partial charge in [-0.05, 0) is 24.3 Å². The van der Waals surface area contributed by atoms with E-state index in [0.717, 1.165) is 0 Å². The number of primary amides is 1. The van der Waals surface area contributed by atoms with Crippen LogP contribution in [-0.2, 0) is 9.59 Å². The minimum atomic E-state index is -0.593. The van der Waals surface area contributed by atoms with Crippen LogP contribution in [0.1, 0.15) is 10.4 Å². The molecule has 22 heavy (non-hydrogen) atoms. The summed E-state index contributed by atoms with van der Waals surface area (Å²) >= 11 is 0. The molecule has 7 nitrogen and oxygen atoms in total. The van der Waals surface area contributed by atoms with Crippen molar-refractivity contribution >= 4 is 23.4 Å². The standard InChI is InChI=1S/C15H17N3O4/c1-3-13(19)18-7-10(8-18)15(21)17-11-6-9(14(16)20)4-5-12(11)22-2/h3-6,10H,1,7-8H2,2H3,(H2,16,20)(H,17,21). The molecule has 0 atom stereocenters. The summed E-state index contributed by atoms with van der Waals surface area (Å²) < 4.78 is 5.14. The number of benzene rings is 1. The Morgan fingerprint density at radius 3 is 2.64 bits per heavy atom. The molecule has 1 saturated heterocycles. The zero-order valence-electron chi connectivity index (χ0n) is 12.2. The van der Waals surface area contributed by atoms with E-state index in [2.05, 4.69) is 11.9 Å². The molecule has 0 aliphatic carbocycles. The van der Waals surface area contributed by atoms with E-state index in [9.17, 15) is 14.4 Å². The number of amides is 3. The van der Waals surface area contributed by atoms with Crippen molar-refractivity contribution in [3.63, 3.8) is 0 Å². The first-order chi connectivity index (χ1) is 10.5. The smallest absolute Gasteiger partial charge is 0.248 e. The predicted molar refractivity (Wildman–Crippen MR) is 80.4 cm³/mol. The maximum atomic E-state index is 12.2. The number of hydrogen-bond acceptors (Lipinski definition) is 4. The number of carbonyl (C=O) groups excluding carboxylic acids is 3. The number of anilines is 1. The van der Waals surface area contributed by atoms with Gasteiger partial charge in [0.2, 0.25) is 17.7 Å². The molecular weight excluding hydrogens is 286 g/mol. The van der Waals surface area contributed by atoms with Crippen LogP contribution in [0.2, 0.25) is 0 Å². The molecule has 0 radical (unpaired) electrons. The largest absolute Gasteiger partial charge is 0.495 e. The first kappa shape index (κ1) is 15.6. The van der Waals surface area contributed by atoms with E-state index in [4.69, 9.17) is 10.5 Å². The molecule has 1 aliphatic heterocycles. The van der Waals surface area contributed by atoms with Gasteiger partial charge in [-0.3, -0.25) is 14.4 Å². The van der Waals surface area contributed by atoms with E-state index in [0.29, 0.717) is 24.5 Å². The monoisotopic (exact) mass is 303 g/mol. The number of nitrogens with zero attached hydrogens (tertiary/aromatic N) is 1. The summed E-state index contributed by atoms with van der Waals surface area (Å²) in [6.07, 6.45) is 1.22. The zero-order chi connectivity index (χ0) is 16.3. The molecule has 0 unspecified atom stereocenters. The Kier molecular flexibility index (Phi) is 4.45. The molecule has 0 aromatic heterocycles. The molecule has 1 fully saturated rings. The summed E-state index contributed by atoms with van der Waals surface area (Å²) in [5.74, 6) is -0.905. The molecule has 1 aromatic rings. The summed E-state index contributed by atoms with van der Waals surface area (Å²) in [5, 5.41) is 2.70. The van der Waals surface area contributed by atoms with Gasteiger partial charge in [-0.1, -0.05) is 6.58 Å². The van der Waals surface area contributed by atoms with Crippen molar-refractivity contribution in [2.45, 2.75) is 0 Å². The lowest BCUT2D eigenvalue weighted by molar-refractivity contribution is -0.137. The Morgan fingerprint density at radius 1 is 1.41 bits per heavy atom. The van der Waals surface area contributed by atoms with Gasteiger partial charge in [-0.25, -0.2) is 0 Å². The van der Waals surface area contributed by atoms with Gasteiger partial charge in [0.1, 0.15) is 5.75 Å². The third kappa shape index (κ3) is 3.08. The van der Waals surface area contributed by atoms with Crippen LogP contribution < -0.4 is 15.8 Å². The quantitative estimate of drug-likeness (QED) is 0.768. The highest BCUT2D eigenvalue weighted by Gasteiger charge is 2.34. The molecule has 3 amide bonds. The highest BCUT2D eigenvalue weighted by Crippen LogP contribution is 2.27. The Morgan fingerprint density at radius 2 is 2.09 bits per heavy atom. The van der Waals surface area contributed by atoms with Crippen molar-refractivity contribution in [2.75, 3.05) is 25.5 Å². The Labute approximate surface area is 127 Å². The highest BCUT2D eigenvalue weighted by molar-refractivity contribution is 5.99. The second-order valence-corrected chi connectivity index (χ2v) is 4.91. The molecule has 0 bridgehead atoms. The average molecular weight is 303 g/mol. The highest BCUT2D eigenvalue weighted by atomic mass is 16.5. The van der Waals surface area contributed by atoms with Crippen LogP contribution >= 0.6 is 0 Å². The van der Waals surface area contributed by atoms with Crippen LogP contribution in [0, 0.1) is 5.92 Å². The number of nitrogens with one attached hydrogen (secondary N) is 1. The number of likely N-dealkylation sites (tertiary alicyclic amines) is 1.